The number of aliphatic hydroxyl groups is 1. The van der Waals surface area contributed by atoms with Crippen molar-refractivity contribution < 1.29 is 23.1 Å². The normalized spacial score (nSPS) is 21.5. The van der Waals surface area contributed by atoms with Crippen molar-refractivity contribution in [3.63, 3.8) is 0 Å². The zero-order valence-corrected chi connectivity index (χ0v) is 23.0. The molecular formula is C28H39N3O5S. The monoisotopic (exact) mass is 529 g/mol. The number of anilines is 1. The Bertz CT molecular complexity index is 1200. The fourth-order valence-electron chi connectivity index (χ4n) is 4.77. The molecule has 8 nitrogen and oxygen atoms in total. The third-order valence-corrected chi connectivity index (χ3v) is 8.66. The minimum atomic E-state index is -3.79. The Balaban J connectivity index is 1.63. The second-order valence-corrected chi connectivity index (χ2v) is 12.5. The highest BCUT2D eigenvalue weighted by Gasteiger charge is 2.32. The van der Waals surface area contributed by atoms with Gasteiger partial charge in [0.15, 0.2) is 0 Å². The number of carbonyl (C=O) groups excluding carboxylic acids is 1. The van der Waals surface area contributed by atoms with Gasteiger partial charge in [0.05, 0.1) is 24.0 Å². The van der Waals surface area contributed by atoms with Gasteiger partial charge in [0, 0.05) is 36.8 Å². The third kappa shape index (κ3) is 7.03. The first-order valence-electron chi connectivity index (χ1n) is 13.0. The Morgan fingerprint density at radius 1 is 1.16 bits per heavy atom. The summed E-state index contributed by atoms with van der Waals surface area (Å²) in [7, 11) is -1.69. The predicted octanol–water partition coefficient (Wildman–Crippen LogP) is 3.29. The van der Waals surface area contributed by atoms with Crippen LogP contribution in [0.15, 0.2) is 47.4 Å². The molecule has 2 aromatic carbocycles. The second-order valence-electron chi connectivity index (χ2n) is 10.8. The molecule has 4 rings (SSSR count). The number of nitrogens with one attached hydrogen (secondary N) is 1. The lowest BCUT2D eigenvalue weighted by atomic mass is 10.0. The fraction of sp³-hybridized carbons (Fsp3) is 0.536. The largest absolute Gasteiger partial charge is 0.488 e. The maximum Gasteiger partial charge on any atom is 0.261 e. The molecule has 2 aliphatic rings. The summed E-state index contributed by atoms with van der Waals surface area (Å²) >= 11 is 0. The van der Waals surface area contributed by atoms with Crippen molar-refractivity contribution in [1.29, 1.82) is 0 Å². The van der Waals surface area contributed by atoms with Crippen LogP contribution in [0.4, 0.5) is 5.69 Å². The Morgan fingerprint density at radius 3 is 2.51 bits per heavy atom. The predicted molar refractivity (Wildman–Crippen MR) is 144 cm³/mol. The fourth-order valence-corrected chi connectivity index (χ4v) is 5.81. The lowest BCUT2D eigenvalue weighted by molar-refractivity contribution is -0.134. The standard InChI is InChI=1S/C28H39N3O5S/c1-19-5-10-25(11-6-19)37(34,35)29-24-9-12-26-23(13-24)14-28(33)31(21(3)18-32)15-20(2)27(36-26)17-30(4)16-22-7-8-22/h5-6,9-13,20-22,27,29,32H,7-8,14-18H2,1-4H3/t20-,21-,27+/m0/s1. The molecule has 0 spiro atoms. The summed E-state index contributed by atoms with van der Waals surface area (Å²) in [6, 6.07) is 11.4. The number of nitrogens with zero attached hydrogens (tertiary/aromatic N) is 2. The Labute approximate surface area is 220 Å². The van der Waals surface area contributed by atoms with Gasteiger partial charge in [-0.1, -0.05) is 24.6 Å². The van der Waals surface area contributed by atoms with Gasteiger partial charge in [0.1, 0.15) is 11.9 Å². The molecule has 1 aliphatic carbocycles. The van der Waals surface area contributed by atoms with E-state index in [0.29, 0.717) is 30.1 Å². The van der Waals surface area contributed by atoms with E-state index >= 15 is 0 Å². The number of benzene rings is 2. The van der Waals surface area contributed by atoms with E-state index in [4.69, 9.17) is 4.74 Å². The van der Waals surface area contributed by atoms with Gasteiger partial charge >= 0.3 is 0 Å². The van der Waals surface area contributed by atoms with Crippen molar-refractivity contribution in [1.82, 2.24) is 9.80 Å². The number of likely N-dealkylation sites (N-methyl/N-ethyl adjacent to an activating group) is 1. The SMILES string of the molecule is Cc1ccc(S(=O)(=O)Nc2ccc3c(c2)CC(=O)N([C@@H](C)CO)C[C@H](C)[C@@H](CN(C)CC2CC2)O3)cc1. The topological polar surface area (TPSA) is 99.2 Å². The van der Waals surface area contributed by atoms with E-state index in [2.05, 4.69) is 23.6 Å². The van der Waals surface area contributed by atoms with Crippen molar-refractivity contribution in [3.8, 4) is 5.75 Å². The highest BCUT2D eigenvalue weighted by molar-refractivity contribution is 7.92. The van der Waals surface area contributed by atoms with Crippen molar-refractivity contribution in [3.05, 3.63) is 53.6 Å². The molecule has 0 aromatic heterocycles. The number of amides is 1. The average molecular weight is 530 g/mol. The van der Waals surface area contributed by atoms with Gasteiger partial charge in [-0.2, -0.15) is 0 Å². The molecule has 37 heavy (non-hydrogen) atoms. The van der Waals surface area contributed by atoms with Crippen LogP contribution < -0.4 is 9.46 Å². The first-order chi connectivity index (χ1) is 17.6. The van der Waals surface area contributed by atoms with Crippen molar-refractivity contribution >= 4 is 21.6 Å². The maximum absolute atomic E-state index is 13.4. The molecule has 0 saturated heterocycles. The Kier molecular flexibility index (Phi) is 8.46. The van der Waals surface area contributed by atoms with E-state index in [0.717, 1.165) is 18.0 Å². The molecule has 0 radical (unpaired) electrons. The van der Waals surface area contributed by atoms with Crippen LogP contribution in [-0.4, -0.2) is 74.7 Å². The molecule has 0 unspecified atom stereocenters. The summed E-state index contributed by atoms with van der Waals surface area (Å²) < 4.78 is 35.1. The maximum atomic E-state index is 13.4. The summed E-state index contributed by atoms with van der Waals surface area (Å²) in [5.74, 6) is 1.25. The number of aryl methyl sites for hydroxylation is 1. The number of hydrogen-bond acceptors (Lipinski definition) is 6. The summed E-state index contributed by atoms with van der Waals surface area (Å²) in [5, 5.41) is 9.82. The number of ether oxygens (including phenoxy) is 1. The summed E-state index contributed by atoms with van der Waals surface area (Å²) in [6.45, 7) is 7.90. The molecule has 3 atom stereocenters. The second kappa shape index (κ2) is 11.4. The summed E-state index contributed by atoms with van der Waals surface area (Å²) in [5.41, 5.74) is 1.96. The van der Waals surface area contributed by atoms with E-state index in [1.807, 2.05) is 13.8 Å². The highest BCUT2D eigenvalue weighted by Crippen LogP contribution is 2.32. The Morgan fingerprint density at radius 2 is 1.86 bits per heavy atom. The number of aliphatic hydroxyl groups excluding tert-OH is 1. The van der Waals surface area contributed by atoms with Crippen molar-refractivity contribution in [2.75, 3.05) is 38.0 Å². The van der Waals surface area contributed by atoms with Gasteiger partial charge in [-0.3, -0.25) is 9.52 Å². The summed E-state index contributed by atoms with van der Waals surface area (Å²) in [4.78, 5) is 17.6. The van der Waals surface area contributed by atoms with Crippen LogP contribution in [0.2, 0.25) is 0 Å². The van der Waals surface area contributed by atoms with E-state index in [1.54, 1.807) is 47.4 Å². The zero-order valence-electron chi connectivity index (χ0n) is 22.2. The van der Waals surface area contributed by atoms with Crippen LogP contribution >= 0.6 is 0 Å². The smallest absolute Gasteiger partial charge is 0.261 e. The van der Waals surface area contributed by atoms with Crippen molar-refractivity contribution in [2.24, 2.45) is 11.8 Å². The third-order valence-electron chi connectivity index (χ3n) is 7.26. The van der Waals surface area contributed by atoms with Crippen LogP contribution in [0.3, 0.4) is 0 Å². The van der Waals surface area contributed by atoms with Gasteiger partial charge in [0.2, 0.25) is 5.91 Å². The molecular weight excluding hydrogens is 490 g/mol. The molecule has 202 valence electrons. The lowest BCUT2D eigenvalue weighted by Crippen LogP contribution is -2.47. The number of sulfonamides is 1. The van der Waals surface area contributed by atoms with Crippen LogP contribution in [0.5, 0.6) is 5.75 Å². The minimum absolute atomic E-state index is 0.0327. The van der Waals surface area contributed by atoms with E-state index < -0.39 is 10.0 Å². The molecule has 1 aliphatic heterocycles. The molecule has 1 heterocycles. The van der Waals surface area contributed by atoms with Crippen LogP contribution in [0, 0.1) is 18.8 Å². The minimum Gasteiger partial charge on any atom is -0.488 e. The van der Waals surface area contributed by atoms with Gasteiger partial charge < -0.3 is 19.6 Å². The first-order valence-corrected chi connectivity index (χ1v) is 14.5. The van der Waals surface area contributed by atoms with Crippen LogP contribution in [0.1, 0.15) is 37.8 Å². The molecule has 1 saturated carbocycles. The molecule has 1 fully saturated rings. The molecule has 0 bridgehead atoms. The average Bonchev–Trinajstić information content (AvgIpc) is 3.65. The molecule has 9 heteroatoms. The van der Waals surface area contributed by atoms with Gasteiger partial charge in [-0.25, -0.2) is 8.42 Å². The van der Waals surface area contributed by atoms with Crippen molar-refractivity contribution in [2.45, 2.75) is 57.1 Å². The highest BCUT2D eigenvalue weighted by atomic mass is 32.2. The number of fused-ring (bicyclic) bond motifs is 1. The number of hydrogen-bond donors (Lipinski definition) is 2. The van der Waals surface area contributed by atoms with E-state index in [-0.39, 0.29) is 41.9 Å². The molecule has 1 amide bonds. The molecule has 2 N–H and O–H groups in total. The van der Waals surface area contributed by atoms with Crippen LogP contribution in [-0.2, 0) is 21.2 Å². The van der Waals surface area contributed by atoms with Gasteiger partial charge in [0.25, 0.3) is 10.0 Å². The number of carbonyl (C=O) groups is 1. The lowest BCUT2D eigenvalue weighted by Gasteiger charge is -2.34. The zero-order chi connectivity index (χ0) is 26.7. The van der Waals surface area contributed by atoms with Gasteiger partial charge in [-0.05, 0) is 70.0 Å². The Hall–Kier alpha value is -2.62. The molecule has 2 aromatic rings. The van der Waals surface area contributed by atoms with E-state index in [9.17, 15) is 18.3 Å². The van der Waals surface area contributed by atoms with E-state index in [1.165, 1.54) is 12.8 Å². The first kappa shape index (κ1) is 27.4. The van der Waals surface area contributed by atoms with Gasteiger partial charge in [-0.15, -0.1) is 0 Å². The quantitative estimate of drug-likeness (QED) is 0.517. The van der Waals surface area contributed by atoms with Crippen LogP contribution in [0.25, 0.3) is 0 Å². The summed E-state index contributed by atoms with van der Waals surface area (Å²) in [6.07, 6.45) is 2.42. The number of rotatable bonds is 9.